The zero-order chi connectivity index (χ0) is 18.1. The molecule has 1 N–H and O–H groups in total. The first kappa shape index (κ1) is 16.9. The van der Waals surface area contributed by atoms with Crippen molar-refractivity contribution in [1.29, 1.82) is 0 Å². The van der Waals surface area contributed by atoms with Gasteiger partial charge < -0.3 is 9.73 Å². The molecular weight excluding hydrogens is 340 g/mol. The Balaban J connectivity index is 1.87. The van der Waals surface area contributed by atoms with E-state index in [9.17, 15) is 14.4 Å². The molecule has 25 heavy (non-hydrogen) atoms. The molecule has 0 aliphatic heterocycles. The lowest BCUT2D eigenvalue weighted by Gasteiger charge is -2.15. The van der Waals surface area contributed by atoms with Gasteiger partial charge in [0.1, 0.15) is 10.6 Å². The van der Waals surface area contributed by atoms with E-state index in [1.165, 1.54) is 29.2 Å². The highest BCUT2D eigenvalue weighted by Gasteiger charge is 2.17. The summed E-state index contributed by atoms with van der Waals surface area (Å²) in [7, 11) is 1.62. The molecule has 0 saturated carbocycles. The third kappa shape index (κ3) is 3.46. The topological polar surface area (TPSA) is 79.6 Å². The lowest BCUT2D eigenvalue weighted by Crippen LogP contribution is -2.30. The number of hydrogen-bond acceptors (Lipinski definition) is 5. The normalized spacial score (nSPS) is 10.7. The van der Waals surface area contributed by atoms with Crippen molar-refractivity contribution in [3.63, 3.8) is 0 Å². The number of ketones is 1. The monoisotopic (exact) mass is 356 g/mol. The quantitative estimate of drug-likeness (QED) is 0.719. The maximum atomic E-state index is 12.4. The molecule has 3 rings (SSSR count). The molecule has 128 valence electrons. The number of fused-ring (bicyclic) bond motifs is 1. The second kappa shape index (κ2) is 6.52. The van der Waals surface area contributed by atoms with Crippen LogP contribution in [0.15, 0.2) is 45.6 Å². The van der Waals surface area contributed by atoms with Crippen LogP contribution >= 0.6 is 11.3 Å². The lowest BCUT2D eigenvalue weighted by molar-refractivity contribution is 0.101. The Morgan fingerprint density at radius 2 is 1.84 bits per heavy atom. The number of anilines is 2. The molecule has 0 radical (unpaired) electrons. The van der Waals surface area contributed by atoms with Gasteiger partial charge in [-0.25, -0.2) is 9.59 Å². The highest BCUT2D eigenvalue weighted by Crippen LogP contribution is 2.32. The molecule has 2 heterocycles. The van der Waals surface area contributed by atoms with Gasteiger partial charge in [0.25, 0.3) is 0 Å². The highest BCUT2D eigenvalue weighted by atomic mass is 32.1. The maximum absolute atomic E-state index is 12.4. The van der Waals surface area contributed by atoms with Crippen LogP contribution in [0.2, 0.25) is 0 Å². The third-order valence-corrected chi connectivity index (χ3v) is 4.87. The van der Waals surface area contributed by atoms with Crippen LogP contribution in [0.25, 0.3) is 10.3 Å². The van der Waals surface area contributed by atoms with E-state index in [0.717, 1.165) is 5.56 Å². The van der Waals surface area contributed by atoms with Gasteiger partial charge in [-0.1, -0.05) is 17.7 Å². The minimum absolute atomic E-state index is 0.00709. The van der Waals surface area contributed by atoms with E-state index >= 15 is 0 Å². The summed E-state index contributed by atoms with van der Waals surface area (Å²) in [4.78, 5) is 37.1. The molecule has 0 atom stereocenters. The van der Waals surface area contributed by atoms with Crippen molar-refractivity contribution in [2.24, 2.45) is 0 Å². The molecule has 7 heteroatoms. The molecule has 0 unspecified atom stereocenters. The minimum atomic E-state index is -0.670. The summed E-state index contributed by atoms with van der Waals surface area (Å²) in [6, 6.07) is 10.3. The number of benzene rings is 1. The Labute approximate surface area is 147 Å². The van der Waals surface area contributed by atoms with Gasteiger partial charge in [-0.05, 0) is 32.0 Å². The first-order chi connectivity index (χ1) is 11.8. The zero-order valence-electron chi connectivity index (χ0n) is 14.0. The van der Waals surface area contributed by atoms with Crippen LogP contribution in [0.1, 0.15) is 22.8 Å². The van der Waals surface area contributed by atoms with Crippen LogP contribution in [-0.2, 0) is 0 Å². The van der Waals surface area contributed by atoms with Gasteiger partial charge in [-0.15, -0.1) is 11.3 Å². The maximum Gasteiger partial charge on any atom is 0.347 e. The average molecular weight is 356 g/mol. The summed E-state index contributed by atoms with van der Waals surface area (Å²) in [5.74, 6) is -0.351. The van der Waals surface area contributed by atoms with Gasteiger partial charge in [0, 0.05) is 18.8 Å². The van der Waals surface area contributed by atoms with E-state index in [1.54, 1.807) is 13.1 Å². The molecule has 0 saturated heterocycles. The number of Topliss-reactive ketones (excluding diaryl/α,β-unsaturated/α-hetero) is 1. The molecule has 0 bridgehead atoms. The predicted molar refractivity (Wildman–Crippen MR) is 99.0 cm³/mol. The molecule has 0 aliphatic carbocycles. The molecular formula is C18H16N2O4S. The molecule has 0 aliphatic rings. The summed E-state index contributed by atoms with van der Waals surface area (Å²) in [6.07, 6.45) is 0. The number of carbonyl (C=O) groups excluding carboxylic acids is 2. The number of nitrogens with zero attached hydrogens (tertiary/aromatic N) is 1. The van der Waals surface area contributed by atoms with Crippen LogP contribution in [0.3, 0.4) is 0 Å². The molecule has 3 aromatic rings. The van der Waals surface area contributed by atoms with E-state index in [4.69, 9.17) is 4.42 Å². The van der Waals surface area contributed by atoms with E-state index in [-0.39, 0.29) is 17.4 Å². The number of rotatable bonds is 3. The Morgan fingerprint density at radius 3 is 2.48 bits per heavy atom. The van der Waals surface area contributed by atoms with Gasteiger partial charge in [0.05, 0.1) is 4.70 Å². The van der Waals surface area contributed by atoms with Crippen LogP contribution < -0.4 is 15.8 Å². The van der Waals surface area contributed by atoms with E-state index < -0.39 is 5.63 Å². The van der Waals surface area contributed by atoms with Crippen molar-refractivity contribution >= 4 is 44.1 Å². The van der Waals surface area contributed by atoms with Gasteiger partial charge >= 0.3 is 11.7 Å². The van der Waals surface area contributed by atoms with Gasteiger partial charge in [0.2, 0.25) is 0 Å². The number of hydrogen-bond donors (Lipinski definition) is 1. The van der Waals surface area contributed by atoms with Gasteiger partial charge in [-0.3, -0.25) is 9.69 Å². The Bertz CT molecular complexity index is 1020. The van der Waals surface area contributed by atoms with E-state index in [2.05, 4.69) is 5.32 Å². The fourth-order valence-corrected chi connectivity index (χ4v) is 3.24. The number of amides is 2. The number of thiophene rings is 1. The lowest BCUT2D eigenvalue weighted by atomic mass is 10.2. The SMILES string of the molecule is CC(=O)c1cc2sc(N(C)C(=O)Nc3ccc(C)cc3)cc2oc1=O. The van der Waals surface area contributed by atoms with Crippen molar-refractivity contribution in [2.75, 3.05) is 17.3 Å². The van der Waals surface area contributed by atoms with Crippen LogP contribution in [0, 0.1) is 6.92 Å². The fraction of sp³-hybridized carbons (Fsp3) is 0.167. The van der Waals surface area contributed by atoms with Crippen LogP contribution in [0.4, 0.5) is 15.5 Å². The smallest absolute Gasteiger partial charge is 0.347 e. The zero-order valence-corrected chi connectivity index (χ0v) is 14.8. The highest BCUT2D eigenvalue weighted by molar-refractivity contribution is 7.22. The van der Waals surface area contributed by atoms with Crippen molar-refractivity contribution in [3.05, 3.63) is 57.9 Å². The molecule has 6 nitrogen and oxygen atoms in total. The molecule has 0 fully saturated rings. The third-order valence-electron chi connectivity index (χ3n) is 3.73. The Kier molecular flexibility index (Phi) is 4.41. The average Bonchev–Trinajstić information content (AvgIpc) is 2.97. The summed E-state index contributed by atoms with van der Waals surface area (Å²) >= 11 is 1.27. The van der Waals surface area contributed by atoms with Crippen LogP contribution in [0.5, 0.6) is 0 Å². The largest absolute Gasteiger partial charge is 0.421 e. The first-order valence-electron chi connectivity index (χ1n) is 7.55. The molecule has 1 aromatic carbocycles. The molecule has 2 amide bonds. The predicted octanol–water partition coefficient (Wildman–Crippen LogP) is 4.03. The molecule has 2 aromatic heterocycles. The number of carbonyl (C=O) groups is 2. The Hall–Kier alpha value is -2.93. The number of aryl methyl sites for hydroxylation is 1. The first-order valence-corrected chi connectivity index (χ1v) is 8.37. The standard InChI is InChI=1S/C18H16N2O4S/c1-10-4-6-12(7-5-10)19-18(23)20(3)16-9-14-15(25-16)8-13(11(2)21)17(22)24-14/h4-9H,1-3H3,(H,19,23). The fourth-order valence-electron chi connectivity index (χ4n) is 2.26. The van der Waals surface area contributed by atoms with Crippen molar-refractivity contribution in [1.82, 2.24) is 0 Å². The van der Waals surface area contributed by atoms with E-state index in [0.29, 0.717) is 21.0 Å². The summed E-state index contributed by atoms with van der Waals surface area (Å²) in [5, 5.41) is 3.40. The van der Waals surface area contributed by atoms with Crippen molar-refractivity contribution in [3.8, 4) is 0 Å². The van der Waals surface area contributed by atoms with Crippen molar-refractivity contribution < 1.29 is 14.0 Å². The summed E-state index contributed by atoms with van der Waals surface area (Å²) in [6.45, 7) is 3.28. The van der Waals surface area contributed by atoms with Gasteiger partial charge in [-0.2, -0.15) is 0 Å². The van der Waals surface area contributed by atoms with Crippen molar-refractivity contribution in [2.45, 2.75) is 13.8 Å². The minimum Gasteiger partial charge on any atom is -0.421 e. The number of urea groups is 1. The Morgan fingerprint density at radius 1 is 1.16 bits per heavy atom. The summed E-state index contributed by atoms with van der Waals surface area (Å²) < 4.78 is 5.81. The van der Waals surface area contributed by atoms with Crippen LogP contribution in [-0.4, -0.2) is 18.9 Å². The second-order valence-electron chi connectivity index (χ2n) is 5.67. The molecule has 0 spiro atoms. The number of nitrogens with one attached hydrogen (secondary N) is 1. The van der Waals surface area contributed by atoms with E-state index in [1.807, 2.05) is 31.2 Å². The van der Waals surface area contributed by atoms with Gasteiger partial charge in [0.15, 0.2) is 11.4 Å². The second-order valence-corrected chi connectivity index (χ2v) is 6.73. The summed E-state index contributed by atoms with van der Waals surface area (Å²) in [5.41, 5.74) is 1.48.